The summed E-state index contributed by atoms with van der Waals surface area (Å²) in [6, 6.07) is 4.65. The zero-order valence-corrected chi connectivity index (χ0v) is 9.89. The number of benzene rings is 1. The maximum atomic E-state index is 13.0. The standard InChI is InChI=1S/C11H13BrFNO/c12-11-2-1-9(13)5-8(11)7-15-10-3-4-14-6-10/h1-2,5,10,14H,3-4,6-7H2/t10-/m0/s1. The van der Waals surface area contributed by atoms with Crippen LogP contribution in [0.25, 0.3) is 0 Å². The summed E-state index contributed by atoms with van der Waals surface area (Å²) < 4.78 is 19.5. The second kappa shape index (κ2) is 5.05. The molecule has 0 aromatic heterocycles. The van der Waals surface area contributed by atoms with Gasteiger partial charge >= 0.3 is 0 Å². The molecule has 1 saturated heterocycles. The number of hydrogen-bond acceptors (Lipinski definition) is 2. The molecule has 2 nitrogen and oxygen atoms in total. The summed E-state index contributed by atoms with van der Waals surface area (Å²) in [6.07, 6.45) is 1.30. The molecule has 1 aromatic carbocycles. The fourth-order valence-corrected chi connectivity index (χ4v) is 1.99. The van der Waals surface area contributed by atoms with Gasteiger partial charge in [0.2, 0.25) is 0 Å². The van der Waals surface area contributed by atoms with Crippen molar-refractivity contribution in [3.63, 3.8) is 0 Å². The van der Waals surface area contributed by atoms with Crippen LogP contribution in [0.3, 0.4) is 0 Å². The molecule has 1 aliphatic rings. The summed E-state index contributed by atoms with van der Waals surface area (Å²) in [6.45, 7) is 2.37. The minimum absolute atomic E-state index is 0.221. The maximum Gasteiger partial charge on any atom is 0.123 e. The summed E-state index contributed by atoms with van der Waals surface area (Å²) in [4.78, 5) is 0. The second-order valence-electron chi connectivity index (χ2n) is 3.66. The summed E-state index contributed by atoms with van der Waals surface area (Å²) in [5, 5.41) is 3.22. The van der Waals surface area contributed by atoms with E-state index >= 15 is 0 Å². The fourth-order valence-electron chi connectivity index (χ4n) is 1.63. The Labute approximate surface area is 96.9 Å². The van der Waals surface area contributed by atoms with E-state index in [1.165, 1.54) is 12.1 Å². The predicted octanol–water partition coefficient (Wildman–Crippen LogP) is 2.47. The average molecular weight is 274 g/mol. The van der Waals surface area contributed by atoms with Crippen LogP contribution < -0.4 is 5.32 Å². The highest BCUT2D eigenvalue weighted by Gasteiger charge is 2.15. The monoisotopic (exact) mass is 273 g/mol. The van der Waals surface area contributed by atoms with Gasteiger partial charge < -0.3 is 10.1 Å². The third-order valence-electron chi connectivity index (χ3n) is 2.50. The van der Waals surface area contributed by atoms with Crippen molar-refractivity contribution in [1.82, 2.24) is 5.32 Å². The molecule has 0 amide bonds. The van der Waals surface area contributed by atoms with E-state index in [0.717, 1.165) is 29.5 Å². The van der Waals surface area contributed by atoms with Crippen LogP contribution in [0.4, 0.5) is 4.39 Å². The van der Waals surface area contributed by atoms with Crippen molar-refractivity contribution in [1.29, 1.82) is 0 Å². The molecule has 0 unspecified atom stereocenters. The molecular weight excluding hydrogens is 261 g/mol. The Kier molecular flexibility index (Phi) is 3.72. The van der Waals surface area contributed by atoms with Gasteiger partial charge in [0.15, 0.2) is 0 Å². The van der Waals surface area contributed by atoms with Gasteiger partial charge in [0.1, 0.15) is 5.82 Å². The Bertz CT molecular complexity index is 339. The highest BCUT2D eigenvalue weighted by molar-refractivity contribution is 9.10. The first-order valence-corrected chi connectivity index (χ1v) is 5.81. The lowest BCUT2D eigenvalue weighted by molar-refractivity contribution is 0.0537. The van der Waals surface area contributed by atoms with E-state index in [4.69, 9.17) is 4.74 Å². The molecule has 15 heavy (non-hydrogen) atoms. The highest BCUT2D eigenvalue weighted by Crippen LogP contribution is 2.19. The molecule has 2 rings (SSSR count). The number of hydrogen-bond donors (Lipinski definition) is 1. The van der Waals surface area contributed by atoms with E-state index < -0.39 is 0 Å². The van der Waals surface area contributed by atoms with Gasteiger partial charge in [0, 0.05) is 11.0 Å². The zero-order valence-electron chi connectivity index (χ0n) is 8.30. The van der Waals surface area contributed by atoms with Crippen LogP contribution in [0, 0.1) is 5.82 Å². The first-order valence-electron chi connectivity index (χ1n) is 5.02. The van der Waals surface area contributed by atoms with Crippen LogP contribution in [-0.2, 0) is 11.3 Å². The third-order valence-corrected chi connectivity index (χ3v) is 3.27. The highest BCUT2D eigenvalue weighted by atomic mass is 79.9. The van der Waals surface area contributed by atoms with Crippen molar-refractivity contribution >= 4 is 15.9 Å². The molecule has 82 valence electrons. The van der Waals surface area contributed by atoms with E-state index in [-0.39, 0.29) is 11.9 Å². The lowest BCUT2D eigenvalue weighted by atomic mass is 10.2. The van der Waals surface area contributed by atoms with Gasteiger partial charge in [0.25, 0.3) is 0 Å². The number of ether oxygens (including phenoxy) is 1. The first-order chi connectivity index (χ1) is 7.25. The van der Waals surface area contributed by atoms with Crippen molar-refractivity contribution in [3.05, 3.63) is 34.1 Å². The lowest BCUT2D eigenvalue weighted by Crippen LogP contribution is -2.16. The van der Waals surface area contributed by atoms with Gasteiger partial charge in [-0.25, -0.2) is 4.39 Å². The molecule has 1 N–H and O–H groups in total. The van der Waals surface area contributed by atoms with Crippen LogP contribution in [-0.4, -0.2) is 19.2 Å². The smallest absolute Gasteiger partial charge is 0.123 e. The largest absolute Gasteiger partial charge is 0.372 e. The van der Waals surface area contributed by atoms with E-state index in [2.05, 4.69) is 21.2 Å². The van der Waals surface area contributed by atoms with Gasteiger partial charge in [-0.3, -0.25) is 0 Å². The Morgan fingerprint density at radius 1 is 1.53 bits per heavy atom. The van der Waals surface area contributed by atoms with Crippen LogP contribution in [0.15, 0.2) is 22.7 Å². The fraction of sp³-hybridized carbons (Fsp3) is 0.455. The molecule has 0 spiro atoms. The Hall–Kier alpha value is -0.450. The predicted molar refractivity (Wildman–Crippen MR) is 60.2 cm³/mol. The Morgan fingerprint density at radius 2 is 2.40 bits per heavy atom. The van der Waals surface area contributed by atoms with Gasteiger partial charge in [-0.05, 0) is 36.7 Å². The van der Waals surface area contributed by atoms with Gasteiger partial charge in [0.05, 0.1) is 12.7 Å². The van der Waals surface area contributed by atoms with Crippen molar-refractivity contribution in [2.45, 2.75) is 19.1 Å². The topological polar surface area (TPSA) is 21.3 Å². The molecule has 1 atom stereocenters. The summed E-state index contributed by atoms with van der Waals surface area (Å²) in [5.41, 5.74) is 0.863. The minimum atomic E-state index is -0.221. The summed E-state index contributed by atoms with van der Waals surface area (Å²) >= 11 is 3.38. The van der Waals surface area contributed by atoms with E-state index in [0.29, 0.717) is 6.61 Å². The molecule has 0 saturated carbocycles. The van der Waals surface area contributed by atoms with Gasteiger partial charge in [-0.1, -0.05) is 15.9 Å². The van der Waals surface area contributed by atoms with E-state index in [1.807, 2.05) is 0 Å². The van der Waals surface area contributed by atoms with E-state index in [1.54, 1.807) is 6.07 Å². The first kappa shape index (κ1) is 11.0. The quantitative estimate of drug-likeness (QED) is 0.914. The number of halogens is 2. The molecule has 0 aliphatic carbocycles. The molecule has 1 aromatic rings. The second-order valence-corrected chi connectivity index (χ2v) is 4.52. The van der Waals surface area contributed by atoms with Crippen LogP contribution in [0.1, 0.15) is 12.0 Å². The van der Waals surface area contributed by atoms with E-state index in [9.17, 15) is 4.39 Å². The SMILES string of the molecule is Fc1ccc(Br)c(CO[C@H]2CCNC2)c1. The van der Waals surface area contributed by atoms with Crippen molar-refractivity contribution in [2.24, 2.45) is 0 Å². The molecule has 4 heteroatoms. The van der Waals surface area contributed by atoms with Crippen molar-refractivity contribution in [2.75, 3.05) is 13.1 Å². The minimum Gasteiger partial charge on any atom is -0.372 e. The molecule has 1 heterocycles. The molecular formula is C11H13BrFNO. The molecule has 0 bridgehead atoms. The normalized spacial score (nSPS) is 20.8. The van der Waals surface area contributed by atoms with Gasteiger partial charge in [-0.2, -0.15) is 0 Å². The summed E-state index contributed by atoms with van der Waals surface area (Å²) in [7, 11) is 0. The Morgan fingerprint density at radius 3 is 3.13 bits per heavy atom. The molecule has 0 radical (unpaired) electrons. The van der Waals surface area contributed by atoms with Crippen LogP contribution in [0.2, 0.25) is 0 Å². The Balaban J connectivity index is 1.94. The van der Waals surface area contributed by atoms with Gasteiger partial charge in [-0.15, -0.1) is 0 Å². The van der Waals surface area contributed by atoms with Crippen LogP contribution >= 0.6 is 15.9 Å². The number of nitrogens with one attached hydrogen (secondary N) is 1. The number of rotatable bonds is 3. The zero-order chi connectivity index (χ0) is 10.7. The van der Waals surface area contributed by atoms with Crippen LogP contribution in [0.5, 0.6) is 0 Å². The summed E-state index contributed by atoms with van der Waals surface area (Å²) in [5.74, 6) is -0.221. The maximum absolute atomic E-state index is 13.0. The average Bonchev–Trinajstić information content (AvgIpc) is 2.72. The molecule has 1 aliphatic heterocycles. The van der Waals surface area contributed by atoms with Crippen molar-refractivity contribution in [3.8, 4) is 0 Å². The molecule has 1 fully saturated rings. The van der Waals surface area contributed by atoms with Crippen molar-refractivity contribution < 1.29 is 9.13 Å². The lowest BCUT2D eigenvalue weighted by Gasteiger charge is -2.11. The third kappa shape index (κ3) is 3.00.